The number of rotatable bonds is 5. The third kappa shape index (κ3) is 4.85. The molecule has 7 aromatic carbocycles. The number of fused-ring (bicyclic) bond motifs is 6. The molecule has 0 unspecified atom stereocenters. The molecule has 0 atom stereocenters. The Hall–Kier alpha value is -6.78. The van der Waals surface area contributed by atoms with Crippen LogP contribution in [0.4, 0.5) is 0 Å². The van der Waals surface area contributed by atoms with E-state index >= 15 is 0 Å². The fraction of sp³-hybridized carbons (Fsp3) is 0. The van der Waals surface area contributed by atoms with Crippen LogP contribution < -0.4 is 0 Å². The Morgan fingerprint density at radius 2 is 0.740 bits per heavy atom. The summed E-state index contributed by atoms with van der Waals surface area (Å²) in [6.45, 7) is 0. The molecular formula is C46H28N2O2. The average Bonchev–Trinajstić information content (AvgIpc) is 3.76. The number of nitrogens with zero attached hydrogens (tertiary/aromatic N) is 2. The number of benzene rings is 7. The number of para-hydroxylation sites is 2. The van der Waals surface area contributed by atoms with Gasteiger partial charge in [-0.05, 0) is 89.0 Å². The van der Waals surface area contributed by atoms with Gasteiger partial charge in [0.15, 0.2) is 5.82 Å². The van der Waals surface area contributed by atoms with E-state index in [1.165, 1.54) is 0 Å². The van der Waals surface area contributed by atoms with Crippen molar-refractivity contribution in [2.24, 2.45) is 0 Å². The molecular weight excluding hydrogens is 613 g/mol. The van der Waals surface area contributed by atoms with Gasteiger partial charge >= 0.3 is 0 Å². The molecule has 0 saturated carbocycles. The van der Waals surface area contributed by atoms with Crippen molar-refractivity contribution >= 4 is 43.9 Å². The van der Waals surface area contributed by atoms with Gasteiger partial charge in [0.05, 0.1) is 11.4 Å². The molecule has 0 N–H and O–H groups in total. The summed E-state index contributed by atoms with van der Waals surface area (Å²) in [6, 6.07) is 58.7. The lowest BCUT2D eigenvalue weighted by Gasteiger charge is -2.13. The SMILES string of the molecule is c1ccc(-c2cc(-c3ccc4oc5ccccc5c4c3)cc(-c3cc(-c4ccc5oc6ccccc6c5c4)nc(-c4ccccc4)n3)c2)cc1. The van der Waals surface area contributed by atoms with E-state index in [0.717, 1.165) is 94.2 Å². The van der Waals surface area contributed by atoms with Gasteiger partial charge in [-0.15, -0.1) is 0 Å². The van der Waals surface area contributed by atoms with Crippen molar-refractivity contribution in [1.29, 1.82) is 0 Å². The Balaban J connectivity index is 1.19. The monoisotopic (exact) mass is 640 g/mol. The fourth-order valence-electron chi connectivity index (χ4n) is 6.99. The van der Waals surface area contributed by atoms with Gasteiger partial charge in [0.25, 0.3) is 0 Å². The van der Waals surface area contributed by atoms with Crippen LogP contribution in [0.2, 0.25) is 0 Å². The molecule has 3 heterocycles. The maximum absolute atomic E-state index is 6.16. The Morgan fingerprint density at radius 1 is 0.280 bits per heavy atom. The van der Waals surface area contributed by atoms with Crippen LogP contribution in [0, 0.1) is 0 Å². The summed E-state index contributed by atoms with van der Waals surface area (Å²) < 4.78 is 12.3. The standard InChI is InChI=1S/C46H28N2O2/c1-3-11-29(12-4-1)33-23-34(31-19-21-44-38(26-31)36-15-7-9-17-42(36)49-44)25-35(24-33)41-28-40(47-46(48-41)30-13-5-2-6-14-30)32-20-22-45-39(27-32)37-16-8-10-18-43(37)50-45/h1-28H. The van der Waals surface area contributed by atoms with Crippen molar-refractivity contribution in [2.75, 3.05) is 0 Å². The number of aromatic nitrogens is 2. The number of furan rings is 2. The first-order valence-corrected chi connectivity index (χ1v) is 16.7. The van der Waals surface area contributed by atoms with Crippen molar-refractivity contribution in [3.05, 3.63) is 170 Å². The van der Waals surface area contributed by atoms with Gasteiger partial charge in [-0.3, -0.25) is 0 Å². The minimum Gasteiger partial charge on any atom is -0.456 e. The minimum atomic E-state index is 0.674. The van der Waals surface area contributed by atoms with Crippen LogP contribution in [-0.2, 0) is 0 Å². The van der Waals surface area contributed by atoms with Gasteiger partial charge in [-0.25, -0.2) is 9.97 Å². The zero-order chi connectivity index (χ0) is 33.0. The lowest BCUT2D eigenvalue weighted by molar-refractivity contribution is 0.668. The van der Waals surface area contributed by atoms with Crippen LogP contribution in [0.5, 0.6) is 0 Å². The van der Waals surface area contributed by atoms with Crippen LogP contribution in [-0.4, -0.2) is 9.97 Å². The van der Waals surface area contributed by atoms with Gasteiger partial charge in [-0.2, -0.15) is 0 Å². The summed E-state index contributed by atoms with van der Waals surface area (Å²) in [4.78, 5) is 10.3. The van der Waals surface area contributed by atoms with Gasteiger partial charge in [0, 0.05) is 38.2 Å². The quantitative estimate of drug-likeness (QED) is 0.188. The molecule has 0 aliphatic heterocycles. The first-order chi connectivity index (χ1) is 24.7. The van der Waals surface area contributed by atoms with E-state index in [-0.39, 0.29) is 0 Å². The molecule has 3 aromatic heterocycles. The molecule has 0 aliphatic carbocycles. The zero-order valence-electron chi connectivity index (χ0n) is 26.9. The van der Waals surface area contributed by atoms with Crippen molar-refractivity contribution in [1.82, 2.24) is 9.97 Å². The molecule has 0 saturated heterocycles. The zero-order valence-corrected chi connectivity index (χ0v) is 26.9. The summed E-state index contributed by atoms with van der Waals surface area (Å²) in [5.41, 5.74) is 12.6. The van der Waals surface area contributed by atoms with Gasteiger partial charge < -0.3 is 8.83 Å². The van der Waals surface area contributed by atoms with Crippen molar-refractivity contribution in [3.8, 4) is 56.2 Å². The predicted octanol–water partition coefficient (Wildman–Crippen LogP) is 12.6. The van der Waals surface area contributed by atoms with Crippen molar-refractivity contribution in [2.45, 2.75) is 0 Å². The number of hydrogen-bond donors (Lipinski definition) is 0. The summed E-state index contributed by atoms with van der Waals surface area (Å²) in [6.07, 6.45) is 0. The highest BCUT2D eigenvalue weighted by molar-refractivity contribution is 6.07. The molecule has 10 rings (SSSR count). The third-order valence-electron chi connectivity index (χ3n) is 9.48. The maximum Gasteiger partial charge on any atom is 0.160 e. The lowest BCUT2D eigenvalue weighted by Crippen LogP contribution is -1.96. The van der Waals surface area contributed by atoms with Crippen LogP contribution in [0.15, 0.2) is 179 Å². The maximum atomic E-state index is 6.16. The lowest BCUT2D eigenvalue weighted by atomic mass is 9.94. The summed E-state index contributed by atoms with van der Waals surface area (Å²) >= 11 is 0. The highest BCUT2D eigenvalue weighted by Crippen LogP contribution is 2.38. The molecule has 4 nitrogen and oxygen atoms in total. The smallest absolute Gasteiger partial charge is 0.160 e. The molecule has 0 fully saturated rings. The second-order valence-corrected chi connectivity index (χ2v) is 12.6. The molecule has 234 valence electrons. The van der Waals surface area contributed by atoms with E-state index < -0.39 is 0 Å². The van der Waals surface area contributed by atoms with Crippen LogP contribution in [0.25, 0.3) is 100 Å². The Kier molecular flexibility index (Phi) is 6.46. The van der Waals surface area contributed by atoms with Crippen molar-refractivity contribution in [3.63, 3.8) is 0 Å². The first-order valence-electron chi connectivity index (χ1n) is 16.7. The highest BCUT2D eigenvalue weighted by atomic mass is 16.3. The van der Waals surface area contributed by atoms with E-state index in [9.17, 15) is 0 Å². The Bertz CT molecular complexity index is 2670. The normalized spacial score (nSPS) is 11.6. The van der Waals surface area contributed by atoms with Crippen LogP contribution >= 0.6 is 0 Å². The molecule has 4 heteroatoms. The molecule has 0 radical (unpaired) electrons. The largest absolute Gasteiger partial charge is 0.456 e. The highest BCUT2D eigenvalue weighted by Gasteiger charge is 2.16. The van der Waals surface area contributed by atoms with E-state index in [2.05, 4.69) is 115 Å². The third-order valence-corrected chi connectivity index (χ3v) is 9.48. The van der Waals surface area contributed by atoms with Gasteiger partial charge in [-0.1, -0.05) is 103 Å². The minimum absolute atomic E-state index is 0.674. The van der Waals surface area contributed by atoms with Crippen LogP contribution in [0.1, 0.15) is 0 Å². The van der Waals surface area contributed by atoms with Gasteiger partial charge in [0.2, 0.25) is 0 Å². The number of hydrogen-bond acceptors (Lipinski definition) is 4. The predicted molar refractivity (Wildman–Crippen MR) is 204 cm³/mol. The topological polar surface area (TPSA) is 52.1 Å². The molecule has 0 aliphatic rings. The molecule has 0 spiro atoms. The van der Waals surface area contributed by atoms with E-state index in [1.807, 2.05) is 54.6 Å². The first kappa shape index (κ1) is 28.3. The molecule has 0 bridgehead atoms. The summed E-state index contributed by atoms with van der Waals surface area (Å²) in [5.74, 6) is 0.674. The average molecular weight is 641 g/mol. The molecule has 0 amide bonds. The Labute approximate surface area is 287 Å². The van der Waals surface area contributed by atoms with E-state index in [1.54, 1.807) is 0 Å². The van der Waals surface area contributed by atoms with Crippen LogP contribution in [0.3, 0.4) is 0 Å². The fourth-order valence-corrected chi connectivity index (χ4v) is 6.99. The van der Waals surface area contributed by atoms with E-state index in [0.29, 0.717) is 5.82 Å². The summed E-state index contributed by atoms with van der Waals surface area (Å²) in [5, 5.41) is 4.36. The van der Waals surface area contributed by atoms with Gasteiger partial charge in [0.1, 0.15) is 22.3 Å². The second-order valence-electron chi connectivity index (χ2n) is 12.6. The summed E-state index contributed by atoms with van der Waals surface area (Å²) in [7, 11) is 0. The molecule has 50 heavy (non-hydrogen) atoms. The Morgan fingerprint density at radius 3 is 1.38 bits per heavy atom. The molecule has 10 aromatic rings. The second kappa shape index (κ2) is 11.4. The van der Waals surface area contributed by atoms with Crippen molar-refractivity contribution < 1.29 is 8.83 Å². The van der Waals surface area contributed by atoms with E-state index in [4.69, 9.17) is 18.8 Å².